The maximum atomic E-state index is 13.6. The monoisotopic (exact) mass is 469 g/mol. The van der Waals surface area contributed by atoms with Crippen LogP contribution in [0.1, 0.15) is 34.8 Å². The standard InChI is InChI=1S/C25H31N3O2S2/c1-4-31-21-10-8-20(9-11-21)24(29)28(13-5-12-27-14-16-30-17-15-27)25-26-22-18(2)6-7-19(3)23(22)32-25/h6-11H,4-5,12-17H2,1-3H3. The van der Waals surface area contributed by atoms with E-state index in [9.17, 15) is 4.79 Å². The van der Waals surface area contributed by atoms with Crippen molar-refractivity contribution in [1.29, 1.82) is 0 Å². The highest BCUT2D eigenvalue weighted by molar-refractivity contribution is 7.99. The predicted octanol–water partition coefficient (Wildman–Crippen LogP) is 5.39. The van der Waals surface area contributed by atoms with Crippen molar-refractivity contribution in [1.82, 2.24) is 9.88 Å². The first kappa shape index (κ1) is 23.2. The fourth-order valence-electron chi connectivity index (χ4n) is 3.94. The third-order valence-electron chi connectivity index (χ3n) is 5.78. The number of fused-ring (bicyclic) bond motifs is 1. The Hall–Kier alpha value is -1.93. The van der Waals surface area contributed by atoms with Gasteiger partial charge in [-0.05, 0) is 61.4 Å². The molecule has 2 heterocycles. The number of benzene rings is 2. The quantitative estimate of drug-likeness (QED) is 0.414. The molecule has 170 valence electrons. The van der Waals surface area contributed by atoms with Crippen molar-refractivity contribution in [3.8, 4) is 0 Å². The van der Waals surface area contributed by atoms with E-state index in [-0.39, 0.29) is 5.91 Å². The number of aromatic nitrogens is 1. The van der Waals surface area contributed by atoms with Crippen molar-refractivity contribution in [2.45, 2.75) is 32.1 Å². The van der Waals surface area contributed by atoms with Crippen LogP contribution in [0.25, 0.3) is 10.2 Å². The van der Waals surface area contributed by atoms with Crippen molar-refractivity contribution in [2.24, 2.45) is 0 Å². The lowest BCUT2D eigenvalue weighted by atomic mass is 10.1. The molecule has 1 fully saturated rings. The lowest BCUT2D eigenvalue weighted by Gasteiger charge is -2.27. The summed E-state index contributed by atoms with van der Waals surface area (Å²) in [6.45, 7) is 11.5. The Morgan fingerprint density at radius 1 is 1.12 bits per heavy atom. The highest BCUT2D eigenvalue weighted by atomic mass is 32.2. The molecule has 0 N–H and O–H groups in total. The highest BCUT2D eigenvalue weighted by Gasteiger charge is 2.23. The van der Waals surface area contributed by atoms with Crippen molar-refractivity contribution in [2.75, 3.05) is 50.0 Å². The van der Waals surface area contributed by atoms with Crippen molar-refractivity contribution >= 4 is 44.4 Å². The first-order valence-electron chi connectivity index (χ1n) is 11.3. The van der Waals surface area contributed by atoms with E-state index in [0.717, 1.165) is 61.2 Å². The SMILES string of the molecule is CCSc1ccc(C(=O)N(CCCN2CCOCC2)c2nc3c(C)ccc(C)c3s2)cc1. The summed E-state index contributed by atoms with van der Waals surface area (Å²) < 4.78 is 6.63. The van der Waals surface area contributed by atoms with Gasteiger partial charge < -0.3 is 4.74 Å². The molecule has 1 aliphatic heterocycles. The molecule has 0 aliphatic carbocycles. The normalized spacial score (nSPS) is 14.7. The maximum Gasteiger partial charge on any atom is 0.260 e. The third-order valence-corrected chi connectivity index (χ3v) is 7.89. The average molecular weight is 470 g/mol. The van der Waals surface area contributed by atoms with Crippen molar-refractivity contribution < 1.29 is 9.53 Å². The van der Waals surface area contributed by atoms with Crippen LogP contribution in [-0.2, 0) is 4.74 Å². The summed E-state index contributed by atoms with van der Waals surface area (Å²) in [4.78, 5) is 24.0. The first-order valence-corrected chi connectivity index (χ1v) is 13.1. The fraction of sp³-hybridized carbons (Fsp3) is 0.440. The van der Waals surface area contributed by atoms with Gasteiger partial charge in [-0.2, -0.15) is 0 Å². The lowest BCUT2D eigenvalue weighted by Crippen LogP contribution is -2.39. The second kappa shape index (κ2) is 10.8. The smallest absolute Gasteiger partial charge is 0.260 e. The molecule has 1 aromatic heterocycles. The molecule has 0 spiro atoms. The molecule has 1 aliphatic rings. The van der Waals surface area contributed by atoms with Crippen LogP contribution in [0.4, 0.5) is 5.13 Å². The number of carbonyl (C=O) groups is 1. The summed E-state index contributed by atoms with van der Waals surface area (Å²) in [5.41, 5.74) is 4.07. The Morgan fingerprint density at radius 2 is 1.84 bits per heavy atom. The van der Waals surface area contributed by atoms with E-state index in [0.29, 0.717) is 12.1 Å². The lowest BCUT2D eigenvalue weighted by molar-refractivity contribution is 0.0376. The number of ether oxygens (including phenoxy) is 1. The fourth-order valence-corrected chi connectivity index (χ4v) is 5.74. The Morgan fingerprint density at radius 3 is 2.53 bits per heavy atom. The zero-order chi connectivity index (χ0) is 22.5. The molecular weight excluding hydrogens is 438 g/mol. The minimum atomic E-state index is 0.0226. The minimum absolute atomic E-state index is 0.0226. The first-order chi connectivity index (χ1) is 15.6. The zero-order valence-corrected chi connectivity index (χ0v) is 20.7. The van der Waals surface area contributed by atoms with E-state index >= 15 is 0 Å². The number of carbonyl (C=O) groups excluding carboxylic acids is 1. The molecule has 32 heavy (non-hydrogen) atoms. The second-order valence-corrected chi connectivity index (χ2v) is 10.4. The molecule has 2 aromatic carbocycles. The summed E-state index contributed by atoms with van der Waals surface area (Å²) in [5, 5.41) is 0.788. The van der Waals surface area contributed by atoms with Gasteiger partial charge in [0.1, 0.15) is 0 Å². The molecule has 1 saturated heterocycles. The molecule has 7 heteroatoms. The minimum Gasteiger partial charge on any atom is -0.379 e. The summed E-state index contributed by atoms with van der Waals surface area (Å²) in [6, 6.07) is 12.2. The number of hydrogen-bond acceptors (Lipinski definition) is 6. The van der Waals surface area contributed by atoms with Crippen LogP contribution in [0.5, 0.6) is 0 Å². The molecule has 1 amide bonds. The second-order valence-electron chi connectivity index (χ2n) is 8.10. The van der Waals surface area contributed by atoms with Crippen LogP contribution in [0.2, 0.25) is 0 Å². The van der Waals surface area contributed by atoms with Crippen LogP contribution >= 0.6 is 23.1 Å². The van der Waals surface area contributed by atoms with Gasteiger partial charge in [-0.15, -0.1) is 11.8 Å². The van der Waals surface area contributed by atoms with E-state index in [1.807, 2.05) is 29.2 Å². The van der Waals surface area contributed by atoms with E-state index in [1.54, 1.807) is 23.1 Å². The molecule has 3 aromatic rings. The zero-order valence-electron chi connectivity index (χ0n) is 19.1. The number of thiazole rings is 1. The van der Waals surface area contributed by atoms with Crippen molar-refractivity contribution in [3.63, 3.8) is 0 Å². The topological polar surface area (TPSA) is 45.7 Å². The van der Waals surface area contributed by atoms with Crippen LogP contribution in [0.3, 0.4) is 0 Å². The Bertz CT molecular complexity index is 1020. The average Bonchev–Trinajstić information content (AvgIpc) is 3.27. The number of hydrogen-bond donors (Lipinski definition) is 0. The van der Waals surface area contributed by atoms with Gasteiger partial charge in [-0.3, -0.25) is 14.6 Å². The van der Waals surface area contributed by atoms with Gasteiger partial charge in [-0.25, -0.2) is 4.98 Å². The van der Waals surface area contributed by atoms with E-state index in [1.165, 1.54) is 15.2 Å². The number of thioether (sulfide) groups is 1. The number of aryl methyl sites for hydroxylation is 2. The highest BCUT2D eigenvalue weighted by Crippen LogP contribution is 2.34. The van der Waals surface area contributed by atoms with E-state index in [4.69, 9.17) is 9.72 Å². The van der Waals surface area contributed by atoms with E-state index in [2.05, 4.69) is 37.8 Å². The summed E-state index contributed by atoms with van der Waals surface area (Å²) in [5.74, 6) is 1.04. The molecule has 4 rings (SSSR count). The van der Waals surface area contributed by atoms with Gasteiger partial charge in [0.25, 0.3) is 5.91 Å². The summed E-state index contributed by atoms with van der Waals surface area (Å²) in [7, 11) is 0. The third kappa shape index (κ3) is 5.34. The van der Waals surface area contributed by atoms with Crippen LogP contribution < -0.4 is 4.90 Å². The Kier molecular flexibility index (Phi) is 7.84. The molecule has 0 atom stereocenters. The van der Waals surface area contributed by atoms with Crippen LogP contribution in [0, 0.1) is 13.8 Å². The summed E-state index contributed by atoms with van der Waals surface area (Å²) in [6.07, 6.45) is 0.906. The van der Waals surface area contributed by atoms with Crippen molar-refractivity contribution in [3.05, 3.63) is 53.1 Å². The number of amides is 1. The van der Waals surface area contributed by atoms with Gasteiger partial charge in [0.2, 0.25) is 0 Å². The number of rotatable bonds is 8. The van der Waals surface area contributed by atoms with Gasteiger partial charge in [0, 0.05) is 36.6 Å². The Balaban J connectivity index is 1.59. The predicted molar refractivity (Wildman–Crippen MR) is 135 cm³/mol. The molecule has 5 nitrogen and oxygen atoms in total. The number of morpholine rings is 1. The number of anilines is 1. The van der Waals surface area contributed by atoms with Crippen LogP contribution in [-0.4, -0.2) is 60.9 Å². The van der Waals surface area contributed by atoms with Gasteiger partial charge in [-0.1, -0.05) is 30.4 Å². The van der Waals surface area contributed by atoms with Gasteiger partial charge >= 0.3 is 0 Å². The maximum absolute atomic E-state index is 13.6. The molecule has 0 bridgehead atoms. The molecule has 0 radical (unpaired) electrons. The molecule has 0 saturated carbocycles. The van der Waals surface area contributed by atoms with Gasteiger partial charge in [0.05, 0.1) is 23.4 Å². The summed E-state index contributed by atoms with van der Waals surface area (Å²) >= 11 is 3.41. The largest absolute Gasteiger partial charge is 0.379 e. The van der Waals surface area contributed by atoms with Gasteiger partial charge in [0.15, 0.2) is 5.13 Å². The Labute approximate surface area is 198 Å². The number of nitrogens with zero attached hydrogens (tertiary/aromatic N) is 3. The molecule has 0 unspecified atom stereocenters. The van der Waals surface area contributed by atoms with Crippen LogP contribution in [0.15, 0.2) is 41.3 Å². The molecular formula is C25H31N3O2S2. The van der Waals surface area contributed by atoms with E-state index < -0.39 is 0 Å².